The van der Waals surface area contributed by atoms with Crippen LogP contribution in [-0.2, 0) is 0 Å². The minimum absolute atomic E-state index is 0.0138. The fraction of sp³-hybridized carbons (Fsp3) is 0.500. The molecule has 0 saturated heterocycles. The lowest BCUT2D eigenvalue weighted by atomic mass is 9.90. The van der Waals surface area contributed by atoms with Crippen LogP contribution in [0.5, 0.6) is 0 Å². The summed E-state index contributed by atoms with van der Waals surface area (Å²) in [7, 11) is 0. The fourth-order valence-electron chi connectivity index (χ4n) is 1.71. The van der Waals surface area contributed by atoms with Crippen LogP contribution >= 0.6 is 27.5 Å². The molecule has 5 heteroatoms. The molecule has 0 aliphatic rings. The average Bonchev–Trinajstić information content (AvgIpc) is 2.23. The van der Waals surface area contributed by atoms with E-state index < -0.39 is 11.7 Å². The molecule has 1 atom stereocenters. The SMILES string of the molecule is CC(C)(C)CC(Br)CNC(=O)c1ccc(Cl)cc1F. The molecule has 1 aromatic rings. The van der Waals surface area contributed by atoms with Crippen LogP contribution in [0.1, 0.15) is 37.6 Å². The quantitative estimate of drug-likeness (QED) is 0.801. The zero-order chi connectivity index (χ0) is 14.6. The first-order valence-corrected chi connectivity index (χ1v) is 7.36. The number of alkyl halides is 1. The van der Waals surface area contributed by atoms with Crippen molar-refractivity contribution >= 4 is 33.4 Å². The van der Waals surface area contributed by atoms with E-state index in [4.69, 9.17) is 11.6 Å². The van der Waals surface area contributed by atoms with Gasteiger partial charge in [-0.3, -0.25) is 4.79 Å². The molecule has 1 aromatic carbocycles. The smallest absolute Gasteiger partial charge is 0.254 e. The highest BCUT2D eigenvalue weighted by Crippen LogP contribution is 2.24. The summed E-state index contributed by atoms with van der Waals surface area (Å²) in [4.78, 5) is 12.0. The Labute approximate surface area is 126 Å². The third-order valence-corrected chi connectivity index (χ3v) is 3.38. The number of benzene rings is 1. The van der Waals surface area contributed by atoms with E-state index in [1.54, 1.807) is 0 Å². The Morgan fingerprint density at radius 2 is 2.11 bits per heavy atom. The summed E-state index contributed by atoms with van der Waals surface area (Å²) in [6.45, 7) is 6.84. The van der Waals surface area contributed by atoms with Gasteiger partial charge in [-0.05, 0) is 30.0 Å². The summed E-state index contributed by atoms with van der Waals surface area (Å²) in [6, 6.07) is 4.03. The molecule has 0 bridgehead atoms. The standard InChI is InChI=1S/C14H18BrClFNO/c1-14(2,3)7-9(15)8-18-13(19)11-5-4-10(16)6-12(11)17/h4-6,9H,7-8H2,1-3H3,(H,18,19). The Hall–Kier alpha value is -0.610. The summed E-state index contributed by atoms with van der Waals surface area (Å²) in [5, 5.41) is 2.99. The molecular formula is C14H18BrClFNO. The fourth-order valence-corrected chi connectivity index (χ4v) is 3.00. The molecule has 1 amide bonds. The molecule has 0 spiro atoms. The highest BCUT2D eigenvalue weighted by atomic mass is 79.9. The number of carbonyl (C=O) groups is 1. The van der Waals surface area contributed by atoms with Gasteiger partial charge >= 0.3 is 0 Å². The van der Waals surface area contributed by atoms with E-state index >= 15 is 0 Å². The van der Waals surface area contributed by atoms with Crippen LogP contribution in [0.15, 0.2) is 18.2 Å². The van der Waals surface area contributed by atoms with Crippen LogP contribution in [-0.4, -0.2) is 17.3 Å². The van der Waals surface area contributed by atoms with E-state index in [-0.39, 0.29) is 20.8 Å². The second kappa shape index (κ2) is 6.71. The highest BCUT2D eigenvalue weighted by molar-refractivity contribution is 9.09. The van der Waals surface area contributed by atoms with E-state index in [2.05, 4.69) is 42.0 Å². The molecule has 1 N–H and O–H groups in total. The third kappa shape index (κ3) is 5.91. The maximum absolute atomic E-state index is 13.5. The molecule has 19 heavy (non-hydrogen) atoms. The van der Waals surface area contributed by atoms with E-state index in [1.807, 2.05) is 0 Å². The first kappa shape index (κ1) is 16.4. The Morgan fingerprint density at radius 1 is 1.47 bits per heavy atom. The van der Waals surface area contributed by atoms with Crippen molar-refractivity contribution in [3.63, 3.8) is 0 Å². The highest BCUT2D eigenvalue weighted by Gasteiger charge is 2.18. The predicted molar refractivity (Wildman–Crippen MR) is 80.5 cm³/mol. The monoisotopic (exact) mass is 349 g/mol. The zero-order valence-corrected chi connectivity index (χ0v) is 13.6. The van der Waals surface area contributed by atoms with Gasteiger partial charge in [-0.25, -0.2) is 4.39 Å². The van der Waals surface area contributed by atoms with Crippen molar-refractivity contribution in [3.05, 3.63) is 34.6 Å². The van der Waals surface area contributed by atoms with Gasteiger partial charge in [0.25, 0.3) is 5.91 Å². The Kier molecular flexibility index (Phi) is 5.81. The summed E-state index contributed by atoms with van der Waals surface area (Å²) in [6.07, 6.45) is 0.913. The Morgan fingerprint density at radius 3 is 2.63 bits per heavy atom. The molecule has 1 unspecified atom stereocenters. The zero-order valence-electron chi connectivity index (χ0n) is 11.3. The third-order valence-electron chi connectivity index (χ3n) is 2.49. The molecule has 0 aliphatic carbocycles. The molecule has 0 saturated carbocycles. The van der Waals surface area contributed by atoms with E-state index in [1.165, 1.54) is 12.1 Å². The number of nitrogens with one attached hydrogen (secondary N) is 1. The van der Waals surface area contributed by atoms with Crippen LogP contribution in [0.3, 0.4) is 0 Å². The van der Waals surface area contributed by atoms with Crippen molar-refractivity contribution < 1.29 is 9.18 Å². The average molecular weight is 351 g/mol. The van der Waals surface area contributed by atoms with Gasteiger partial charge in [0.15, 0.2) is 0 Å². The normalized spacial score (nSPS) is 13.2. The number of halogens is 3. The number of hydrogen-bond acceptors (Lipinski definition) is 1. The van der Waals surface area contributed by atoms with Crippen molar-refractivity contribution in [1.29, 1.82) is 0 Å². The summed E-state index contributed by atoms with van der Waals surface area (Å²) in [5.41, 5.74) is 0.185. The van der Waals surface area contributed by atoms with Gasteiger partial charge < -0.3 is 5.32 Å². The molecule has 0 aromatic heterocycles. The maximum atomic E-state index is 13.5. The van der Waals surface area contributed by atoms with E-state index in [0.29, 0.717) is 6.54 Å². The number of hydrogen-bond donors (Lipinski definition) is 1. The largest absolute Gasteiger partial charge is 0.351 e. The molecular weight excluding hydrogens is 333 g/mol. The maximum Gasteiger partial charge on any atom is 0.254 e. The first-order valence-electron chi connectivity index (χ1n) is 6.06. The number of amides is 1. The minimum Gasteiger partial charge on any atom is -0.351 e. The topological polar surface area (TPSA) is 29.1 Å². The number of rotatable bonds is 4. The molecule has 106 valence electrons. The molecule has 0 fully saturated rings. The summed E-state index contributed by atoms with van der Waals surface area (Å²) < 4.78 is 13.5. The number of carbonyl (C=O) groups excluding carboxylic acids is 1. The molecule has 2 nitrogen and oxygen atoms in total. The first-order chi connectivity index (χ1) is 8.69. The molecule has 1 rings (SSSR count). The van der Waals surface area contributed by atoms with Gasteiger partial charge in [0, 0.05) is 16.4 Å². The van der Waals surface area contributed by atoms with Crippen molar-refractivity contribution in [3.8, 4) is 0 Å². The molecule has 0 heterocycles. The van der Waals surface area contributed by atoms with Crippen LogP contribution in [0, 0.1) is 11.2 Å². The van der Waals surface area contributed by atoms with Gasteiger partial charge in [0.1, 0.15) is 5.82 Å². The van der Waals surface area contributed by atoms with Gasteiger partial charge in [-0.1, -0.05) is 48.3 Å². The Balaban J connectivity index is 2.56. The van der Waals surface area contributed by atoms with Gasteiger partial charge in [0.05, 0.1) is 5.56 Å². The van der Waals surface area contributed by atoms with Crippen LogP contribution in [0.25, 0.3) is 0 Å². The predicted octanol–water partition coefficient (Wildman–Crippen LogP) is 4.41. The lowest BCUT2D eigenvalue weighted by Crippen LogP contribution is -2.31. The van der Waals surface area contributed by atoms with Crippen LogP contribution < -0.4 is 5.32 Å². The van der Waals surface area contributed by atoms with Crippen molar-refractivity contribution in [2.24, 2.45) is 5.41 Å². The van der Waals surface area contributed by atoms with Gasteiger partial charge in [-0.2, -0.15) is 0 Å². The van der Waals surface area contributed by atoms with Crippen molar-refractivity contribution in [1.82, 2.24) is 5.32 Å². The van der Waals surface area contributed by atoms with Crippen molar-refractivity contribution in [2.75, 3.05) is 6.54 Å². The van der Waals surface area contributed by atoms with Crippen LogP contribution in [0.2, 0.25) is 5.02 Å². The molecule has 0 aliphatic heterocycles. The second-order valence-corrected chi connectivity index (χ2v) is 7.43. The molecule has 0 radical (unpaired) electrons. The minimum atomic E-state index is -0.605. The summed E-state index contributed by atoms with van der Waals surface area (Å²) in [5.74, 6) is -1.03. The lowest BCUT2D eigenvalue weighted by Gasteiger charge is -2.22. The Bertz CT molecular complexity index is 459. The van der Waals surface area contributed by atoms with Crippen LogP contribution in [0.4, 0.5) is 4.39 Å². The van der Waals surface area contributed by atoms with E-state index in [0.717, 1.165) is 12.5 Å². The van der Waals surface area contributed by atoms with Gasteiger partial charge in [-0.15, -0.1) is 0 Å². The van der Waals surface area contributed by atoms with Gasteiger partial charge in [0.2, 0.25) is 0 Å². The van der Waals surface area contributed by atoms with E-state index in [9.17, 15) is 9.18 Å². The van der Waals surface area contributed by atoms with Crippen molar-refractivity contribution in [2.45, 2.75) is 32.0 Å². The second-order valence-electron chi connectivity index (χ2n) is 5.70. The lowest BCUT2D eigenvalue weighted by molar-refractivity contribution is 0.0948. The summed E-state index contributed by atoms with van der Waals surface area (Å²) >= 11 is 9.16.